The average Bonchev–Trinajstić information content (AvgIpc) is 3.31. The van der Waals surface area contributed by atoms with Crippen LogP contribution in [-0.2, 0) is 6.61 Å². The summed E-state index contributed by atoms with van der Waals surface area (Å²) >= 11 is 0. The van der Waals surface area contributed by atoms with Gasteiger partial charge in [-0.15, -0.1) is 0 Å². The number of aliphatic hydroxyl groups excluding tert-OH is 1. The Morgan fingerprint density at radius 3 is 2.43 bits per heavy atom. The first-order chi connectivity index (χ1) is 10.1. The number of aliphatic hydroxyl groups is 1. The Hall–Kier alpha value is -1.80. The Morgan fingerprint density at radius 1 is 1.10 bits per heavy atom. The molecule has 21 heavy (non-hydrogen) atoms. The maximum Gasteiger partial charge on any atom is 0.120 e. The number of aryl methyl sites for hydroxylation is 2. The lowest BCUT2D eigenvalue weighted by molar-refractivity contribution is 0.153. The molecule has 0 aromatic heterocycles. The molecule has 0 spiro atoms. The second kappa shape index (κ2) is 5.90. The summed E-state index contributed by atoms with van der Waals surface area (Å²) in [5.41, 5.74) is 4.57. The van der Waals surface area contributed by atoms with Gasteiger partial charge in [-0.1, -0.05) is 35.9 Å². The van der Waals surface area contributed by atoms with E-state index in [2.05, 4.69) is 31.2 Å². The van der Waals surface area contributed by atoms with E-state index in [0.29, 0.717) is 12.5 Å². The van der Waals surface area contributed by atoms with Crippen molar-refractivity contribution in [2.75, 3.05) is 0 Å². The van der Waals surface area contributed by atoms with Crippen molar-refractivity contribution in [3.8, 4) is 5.75 Å². The second-order valence-corrected chi connectivity index (χ2v) is 6.07. The molecular weight excluding hydrogens is 260 g/mol. The molecule has 2 aromatic rings. The number of rotatable bonds is 5. The van der Waals surface area contributed by atoms with E-state index in [9.17, 15) is 5.11 Å². The zero-order valence-electron chi connectivity index (χ0n) is 12.7. The molecule has 0 radical (unpaired) electrons. The van der Waals surface area contributed by atoms with Gasteiger partial charge in [-0.05, 0) is 61.4 Å². The van der Waals surface area contributed by atoms with Gasteiger partial charge in [0.2, 0.25) is 0 Å². The lowest BCUT2D eigenvalue weighted by atomic mass is 10.00. The van der Waals surface area contributed by atoms with Gasteiger partial charge >= 0.3 is 0 Å². The molecule has 1 unspecified atom stereocenters. The summed E-state index contributed by atoms with van der Waals surface area (Å²) in [6.07, 6.45) is 1.98. The molecule has 2 aromatic carbocycles. The minimum Gasteiger partial charge on any atom is -0.489 e. The molecule has 2 heteroatoms. The highest BCUT2D eigenvalue weighted by molar-refractivity contribution is 5.37. The van der Waals surface area contributed by atoms with Gasteiger partial charge < -0.3 is 9.84 Å². The molecule has 0 heterocycles. The van der Waals surface area contributed by atoms with Crippen LogP contribution in [0.25, 0.3) is 0 Å². The molecule has 110 valence electrons. The lowest BCUT2D eigenvalue weighted by Crippen LogP contribution is -2.03. The van der Waals surface area contributed by atoms with Crippen LogP contribution in [0.15, 0.2) is 42.5 Å². The van der Waals surface area contributed by atoms with Gasteiger partial charge in [-0.2, -0.15) is 0 Å². The molecule has 1 atom stereocenters. The molecule has 0 saturated heterocycles. The Morgan fingerprint density at radius 2 is 1.81 bits per heavy atom. The zero-order valence-corrected chi connectivity index (χ0v) is 12.7. The van der Waals surface area contributed by atoms with Crippen molar-refractivity contribution in [1.82, 2.24) is 0 Å². The SMILES string of the molecule is Cc1ccc(COc2ccc(C(O)C3CC3)c(C)c2)cc1. The average molecular weight is 282 g/mol. The maximum atomic E-state index is 10.2. The highest BCUT2D eigenvalue weighted by Gasteiger charge is 2.31. The van der Waals surface area contributed by atoms with Gasteiger partial charge in [0.1, 0.15) is 12.4 Å². The first-order valence-corrected chi connectivity index (χ1v) is 7.60. The fourth-order valence-corrected chi connectivity index (χ4v) is 2.59. The lowest BCUT2D eigenvalue weighted by Gasteiger charge is -2.14. The smallest absolute Gasteiger partial charge is 0.120 e. The monoisotopic (exact) mass is 282 g/mol. The summed E-state index contributed by atoms with van der Waals surface area (Å²) in [4.78, 5) is 0. The molecule has 1 N–H and O–H groups in total. The molecule has 0 aliphatic heterocycles. The van der Waals surface area contributed by atoms with Crippen LogP contribution in [0.5, 0.6) is 5.75 Å². The standard InChI is InChI=1S/C19H22O2/c1-13-3-5-15(6-4-13)12-21-17-9-10-18(14(2)11-17)19(20)16-7-8-16/h3-6,9-11,16,19-20H,7-8,12H2,1-2H3. The minimum atomic E-state index is -0.309. The van der Waals surface area contributed by atoms with Gasteiger partial charge in [0.15, 0.2) is 0 Å². The van der Waals surface area contributed by atoms with Crippen LogP contribution in [0.4, 0.5) is 0 Å². The van der Waals surface area contributed by atoms with Crippen LogP contribution >= 0.6 is 0 Å². The predicted octanol–water partition coefficient (Wildman–Crippen LogP) is 4.33. The third-order valence-corrected chi connectivity index (χ3v) is 4.15. The van der Waals surface area contributed by atoms with Crippen LogP contribution in [0, 0.1) is 19.8 Å². The van der Waals surface area contributed by atoms with Crippen LogP contribution in [-0.4, -0.2) is 5.11 Å². The maximum absolute atomic E-state index is 10.2. The van der Waals surface area contributed by atoms with Gasteiger partial charge in [-0.25, -0.2) is 0 Å². The van der Waals surface area contributed by atoms with Crippen molar-refractivity contribution in [2.24, 2.45) is 5.92 Å². The summed E-state index contributed by atoms with van der Waals surface area (Å²) in [5.74, 6) is 1.32. The van der Waals surface area contributed by atoms with E-state index in [-0.39, 0.29) is 6.10 Å². The number of ether oxygens (including phenoxy) is 1. The van der Waals surface area contributed by atoms with E-state index in [4.69, 9.17) is 4.74 Å². The van der Waals surface area contributed by atoms with E-state index >= 15 is 0 Å². The van der Waals surface area contributed by atoms with Gasteiger partial charge in [0.25, 0.3) is 0 Å². The first-order valence-electron chi connectivity index (χ1n) is 7.60. The van der Waals surface area contributed by atoms with Crippen LogP contribution < -0.4 is 4.74 Å². The van der Waals surface area contributed by atoms with E-state index in [1.165, 1.54) is 11.1 Å². The third kappa shape index (κ3) is 3.45. The second-order valence-electron chi connectivity index (χ2n) is 6.07. The molecule has 2 nitrogen and oxygen atoms in total. The van der Waals surface area contributed by atoms with Gasteiger partial charge in [0.05, 0.1) is 6.10 Å². The Balaban J connectivity index is 1.66. The van der Waals surface area contributed by atoms with Gasteiger partial charge in [-0.3, -0.25) is 0 Å². The Kier molecular flexibility index (Phi) is 3.98. The molecule has 1 aliphatic rings. The van der Waals surface area contributed by atoms with Crippen molar-refractivity contribution < 1.29 is 9.84 Å². The minimum absolute atomic E-state index is 0.309. The molecule has 0 bridgehead atoms. The largest absolute Gasteiger partial charge is 0.489 e. The van der Waals surface area contributed by atoms with Crippen molar-refractivity contribution >= 4 is 0 Å². The predicted molar refractivity (Wildman–Crippen MR) is 84.4 cm³/mol. The summed E-state index contributed by atoms with van der Waals surface area (Å²) in [6, 6.07) is 14.4. The topological polar surface area (TPSA) is 29.5 Å². The summed E-state index contributed by atoms with van der Waals surface area (Å²) in [5, 5.41) is 10.2. The highest BCUT2D eigenvalue weighted by Crippen LogP contribution is 2.42. The summed E-state index contributed by atoms with van der Waals surface area (Å²) in [6.45, 7) is 4.70. The van der Waals surface area contributed by atoms with Crippen LogP contribution in [0.2, 0.25) is 0 Å². The van der Waals surface area contributed by atoms with E-state index < -0.39 is 0 Å². The highest BCUT2D eigenvalue weighted by atomic mass is 16.5. The van der Waals surface area contributed by atoms with Crippen LogP contribution in [0.3, 0.4) is 0 Å². The zero-order chi connectivity index (χ0) is 14.8. The van der Waals surface area contributed by atoms with Crippen LogP contribution in [0.1, 0.15) is 41.2 Å². The third-order valence-electron chi connectivity index (χ3n) is 4.15. The summed E-state index contributed by atoms with van der Waals surface area (Å²) in [7, 11) is 0. The molecule has 1 fully saturated rings. The van der Waals surface area contributed by atoms with Crippen molar-refractivity contribution in [3.05, 3.63) is 64.7 Å². The normalized spacial score (nSPS) is 15.8. The summed E-state index contributed by atoms with van der Waals surface area (Å²) < 4.78 is 5.84. The van der Waals surface area contributed by atoms with Crippen molar-refractivity contribution in [3.63, 3.8) is 0 Å². The van der Waals surface area contributed by atoms with E-state index in [1.54, 1.807) is 0 Å². The van der Waals surface area contributed by atoms with Crippen molar-refractivity contribution in [1.29, 1.82) is 0 Å². The molecule has 1 aliphatic carbocycles. The molecule has 3 rings (SSSR count). The first kappa shape index (κ1) is 14.2. The Bertz CT molecular complexity index is 612. The molecule has 0 amide bonds. The van der Waals surface area contributed by atoms with E-state index in [1.807, 2.05) is 25.1 Å². The van der Waals surface area contributed by atoms with Gasteiger partial charge in [0, 0.05) is 0 Å². The van der Waals surface area contributed by atoms with Crippen molar-refractivity contribution in [2.45, 2.75) is 39.4 Å². The fourth-order valence-electron chi connectivity index (χ4n) is 2.59. The molecule has 1 saturated carbocycles. The molecular formula is C19H22O2. The quantitative estimate of drug-likeness (QED) is 0.884. The number of benzene rings is 2. The fraction of sp³-hybridized carbons (Fsp3) is 0.368. The van der Waals surface area contributed by atoms with E-state index in [0.717, 1.165) is 29.7 Å². The Labute approximate surface area is 126 Å². The number of hydrogen-bond donors (Lipinski definition) is 1. The number of hydrogen-bond acceptors (Lipinski definition) is 2.